The second-order valence-electron chi connectivity index (χ2n) is 3.94. The van der Waals surface area contributed by atoms with Crippen LogP contribution >= 0.6 is 11.6 Å². The highest BCUT2D eigenvalue weighted by Gasteiger charge is 2.26. The molecule has 0 heterocycles. The van der Waals surface area contributed by atoms with Gasteiger partial charge in [0.05, 0.1) is 5.92 Å². The van der Waals surface area contributed by atoms with Crippen molar-refractivity contribution in [2.45, 2.75) is 13.8 Å². The monoisotopic (exact) mass is 258 g/mol. The first-order chi connectivity index (χ1) is 7.82. The first kappa shape index (κ1) is 13.6. The Morgan fingerprint density at radius 3 is 2.29 bits per heavy atom. The highest BCUT2D eigenvalue weighted by molar-refractivity contribution is 6.31. The van der Waals surface area contributed by atoms with Gasteiger partial charge in [-0.15, -0.1) is 0 Å². The van der Waals surface area contributed by atoms with Gasteiger partial charge in [-0.25, -0.2) is 4.39 Å². The van der Waals surface area contributed by atoms with Crippen LogP contribution in [-0.4, -0.2) is 16.9 Å². The quantitative estimate of drug-likeness (QED) is 0.845. The fourth-order valence-electron chi connectivity index (χ4n) is 1.40. The predicted octanol–water partition coefficient (Wildman–Crippen LogP) is 3.02. The first-order valence-corrected chi connectivity index (χ1v) is 5.44. The zero-order chi connectivity index (χ0) is 13.2. The highest BCUT2D eigenvalue weighted by atomic mass is 35.5. The molecule has 0 amide bonds. The number of Topliss-reactive ketones (excluding diaryl/α,β-unsaturated/α-hetero) is 1. The molecule has 0 aromatic heterocycles. The summed E-state index contributed by atoms with van der Waals surface area (Å²) >= 11 is 5.63. The van der Waals surface area contributed by atoms with Crippen LogP contribution < -0.4 is 0 Å². The third kappa shape index (κ3) is 3.27. The van der Waals surface area contributed by atoms with Crippen LogP contribution in [0.4, 0.5) is 4.39 Å². The number of hydrogen-bond acceptors (Lipinski definition) is 2. The van der Waals surface area contributed by atoms with Crippen LogP contribution in [0.1, 0.15) is 24.2 Å². The third-order valence-corrected chi connectivity index (χ3v) is 2.92. The standard InChI is InChI=1S/C12H12ClFO3/c1-6(7(2)12(16)17)11(15)8-3-9(13)5-10(14)4-8/h3-7H,1-2H3,(H,16,17). The largest absolute Gasteiger partial charge is 0.481 e. The Kier molecular flexibility index (Phi) is 4.23. The normalized spacial score (nSPS) is 14.1. The van der Waals surface area contributed by atoms with Crippen molar-refractivity contribution in [3.05, 3.63) is 34.6 Å². The number of carbonyl (C=O) groups excluding carboxylic acids is 1. The van der Waals surface area contributed by atoms with Crippen LogP contribution in [0.5, 0.6) is 0 Å². The molecule has 0 saturated carbocycles. The minimum atomic E-state index is -1.06. The molecule has 0 aliphatic carbocycles. The van der Waals surface area contributed by atoms with Gasteiger partial charge in [-0.1, -0.05) is 25.4 Å². The molecular formula is C12H12ClFO3. The lowest BCUT2D eigenvalue weighted by Gasteiger charge is -2.14. The van der Waals surface area contributed by atoms with E-state index in [0.717, 1.165) is 12.1 Å². The Balaban J connectivity index is 3.00. The molecule has 0 spiro atoms. The summed E-state index contributed by atoms with van der Waals surface area (Å²) in [4.78, 5) is 22.7. The SMILES string of the molecule is CC(C(=O)O)C(C)C(=O)c1cc(F)cc(Cl)c1. The summed E-state index contributed by atoms with van der Waals surface area (Å²) in [5.41, 5.74) is 0.0931. The zero-order valence-electron chi connectivity index (χ0n) is 9.41. The molecule has 0 radical (unpaired) electrons. The summed E-state index contributed by atoms with van der Waals surface area (Å²) in [6, 6.07) is 3.47. The van der Waals surface area contributed by atoms with Crippen molar-refractivity contribution in [2.24, 2.45) is 11.8 Å². The van der Waals surface area contributed by atoms with Crippen LogP contribution in [0.3, 0.4) is 0 Å². The molecule has 0 bridgehead atoms. The van der Waals surface area contributed by atoms with Crippen molar-refractivity contribution in [2.75, 3.05) is 0 Å². The summed E-state index contributed by atoms with van der Waals surface area (Å²) in [6.45, 7) is 2.94. The van der Waals surface area contributed by atoms with E-state index < -0.39 is 29.4 Å². The molecule has 1 aromatic rings. The van der Waals surface area contributed by atoms with Crippen LogP contribution in [0.15, 0.2) is 18.2 Å². The number of carboxylic acids is 1. The summed E-state index contributed by atoms with van der Waals surface area (Å²) in [5, 5.41) is 8.92. The average molecular weight is 259 g/mol. The molecule has 2 unspecified atom stereocenters. The second-order valence-corrected chi connectivity index (χ2v) is 4.37. The average Bonchev–Trinajstić information content (AvgIpc) is 2.24. The number of rotatable bonds is 4. The highest BCUT2D eigenvalue weighted by Crippen LogP contribution is 2.21. The molecule has 1 rings (SSSR count). The van der Waals surface area contributed by atoms with Crippen molar-refractivity contribution in [1.82, 2.24) is 0 Å². The number of carbonyl (C=O) groups is 2. The van der Waals surface area contributed by atoms with Gasteiger partial charge in [0.25, 0.3) is 0 Å². The van der Waals surface area contributed by atoms with Gasteiger partial charge >= 0.3 is 5.97 Å². The molecule has 0 saturated heterocycles. The van der Waals surface area contributed by atoms with Gasteiger partial charge in [-0.2, -0.15) is 0 Å². The van der Waals surface area contributed by atoms with E-state index in [2.05, 4.69) is 0 Å². The lowest BCUT2D eigenvalue weighted by Crippen LogP contribution is -2.25. The summed E-state index contributed by atoms with van der Waals surface area (Å²) in [5.74, 6) is -3.67. The maximum atomic E-state index is 13.1. The third-order valence-electron chi connectivity index (χ3n) is 2.70. The molecule has 3 nitrogen and oxygen atoms in total. The predicted molar refractivity (Wildman–Crippen MR) is 61.7 cm³/mol. The minimum Gasteiger partial charge on any atom is -0.481 e. The van der Waals surface area contributed by atoms with E-state index in [1.807, 2.05) is 0 Å². The van der Waals surface area contributed by atoms with Crippen molar-refractivity contribution >= 4 is 23.4 Å². The van der Waals surface area contributed by atoms with Gasteiger partial charge in [0, 0.05) is 16.5 Å². The number of carboxylic acid groups (broad SMARTS) is 1. The number of aliphatic carboxylic acids is 1. The number of halogens is 2. The summed E-state index contributed by atoms with van der Waals surface area (Å²) in [6.07, 6.45) is 0. The summed E-state index contributed by atoms with van der Waals surface area (Å²) < 4.78 is 13.1. The molecule has 1 N–H and O–H groups in total. The van der Waals surface area contributed by atoms with Crippen molar-refractivity contribution < 1.29 is 19.1 Å². The lowest BCUT2D eigenvalue weighted by molar-refractivity contribution is -0.142. The van der Waals surface area contributed by atoms with Gasteiger partial charge in [0.2, 0.25) is 0 Å². The Morgan fingerprint density at radius 1 is 1.24 bits per heavy atom. The van der Waals surface area contributed by atoms with E-state index in [0.29, 0.717) is 0 Å². The Bertz CT molecular complexity index is 439. The number of benzene rings is 1. The van der Waals surface area contributed by atoms with Crippen molar-refractivity contribution in [3.63, 3.8) is 0 Å². The van der Waals surface area contributed by atoms with E-state index in [-0.39, 0.29) is 10.6 Å². The topological polar surface area (TPSA) is 54.4 Å². The molecule has 0 aliphatic rings. The molecular weight excluding hydrogens is 247 g/mol. The minimum absolute atomic E-state index is 0.0931. The maximum absolute atomic E-state index is 13.1. The van der Waals surface area contributed by atoms with Gasteiger partial charge < -0.3 is 5.11 Å². The van der Waals surface area contributed by atoms with E-state index in [9.17, 15) is 14.0 Å². The van der Waals surface area contributed by atoms with E-state index >= 15 is 0 Å². The van der Waals surface area contributed by atoms with Crippen LogP contribution in [-0.2, 0) is 4.79 Å². The van der Waals surface area contributed by atoms with E-state index in [4.69, 9.17) is 16.7 Å². The molecule has 2 atom stereocenters. The number of ketones is 1. The van der Waals surface area contributed by atoms with Crippen molar-refractivity contribution in [3.8, 4) is 0 Å². The smallest absolute Gasteiger partial charge is 0.306 e. The maximum Gasteiger partial charge on any atom is 0.306 e. The Labute approximate surface area is 103 Å². The molecule has 0 fully saturated rings. The summed E-state index contributed by atoms with van der Waals surface area (Å²) in [7, 11) is 0. The van der Waals surface area contributed by atoms with Gasteiger partial charge in [-0.3, -0.25) is 9.59 Å². The Morgan fingerprint density at radius 2 is 1.82 bits per heavy atom. The van der Waals surface area contributed by atoms with Crippen LogP contribution in [0.25, 0.3) is 0 Å². The van der Waals surface area contributed by atoms with Gasteiger partial charge in [0.15, 0.2) is 5.78 Å². The fraction of sp³-hybridized carbons (Fsp3) is 0.333. The van der Waals surface area contributed by atoms with Crippen LogP contribution in [0, 0.1) is 17.7 Å². The van der Waals surface area contributed by atoms with Gasteiger partial charge in [0.1, 0.15) is 5.82 Å². The van der Waals surface area contributed by atoms with Gasteiger partial charge in [-0.05, 0) is 18.2 Å². The molecule has 5 heteroatoms. The van der Waals surface area contributed by atoms with Crippen molar-refractivity contribution in [1.29, 1.82) is 0 Å². The first-order valence-electron chi connectivity index (χ1n) is 5.06. The molecule has 0 aliphatic heterocycles. The van der Waals surface area contributed by atoms with E-state index in [1.165, 1.54) is 19.9 Å². The fourth-order valence-corrected chi connectivity index (χ4v) is 1.62. The second kappa shape index (κ2) is 5.27. The zero-order valence-corrected chi connectivity index (χ0v) is 10.2. The van der Waals surface area contributed by atoms with Crippen LogP contribution in [0.2, 0.25) is 5.02 Å². The molecule has 92 valence electrons. The van der Waals surface area contributed by atoms with E-state index in [1.54, 1.807) is 0 Å². The Hall–Kier alpha value is -1.42. The lowest BCUT2D eigenvalue weighted by atomic mass is 9.88. The number of hydrogen-bond donors (Lipinski definition) is 1. The molecule has 17 heavy (non-hydrogen) atoms. The molecule has 1 aromatic carbocycles.